The van der Waals surface area contributed by atoms with E-state index in [9.17, 15) is 8.78 Å². The summed E-state index contributed by atoms with van der Waals surface area (Å²) in [5, 5.41) is 6.97. The summed E-state index contributed by atoms with van der Waals surface area (Å²) in [6.07, 6.45) is 3.19. The summed E-state index contributed by atoms with van der Waals surface area (Å²) >= 11 is 1.60. The summed E-state index contributed by atoms with van der Waals surface area (Å²) in [7, 11) is 0. The summed E-state index contributed by atoms with van der Waals surface area (Å²) in [5.74, 6) is 0.100. The fraction of sp³-hybridized carbons (Fsp3) is 0.389. The Morgan fingerprint density at radius 3 is 2.88 bits per heavy atom. The summed E-state index contributed by atoms with van der Waals surface area (Å²) in [4.78, 5) is 14.1. The predicted molar refractivity (Wildman–Crippen MR) is 98.7 cm³/mol. The molecule has 3 aromatic rings. The van der Waals surface area contributed by atoms with Gasteiger partial charge in [0.15, 0.2) is 12.4 Å². The van der Waals surface area contributed by atoms with Crippen LogP contribution in [0.15, 0.2) is 34.8 Å². The van der Waals surface area contributed by atoms with Gasteiger partial charge in [-0.1, -0.05) is 30.6 Å². The van der Waals surface area contributed by atoms with Gasteiger partial charge in [0, 0.05) is 5.38 Å². The van der Waals surface area contributed by atoms with Crippen LogP contribution in [0, 0.1) is 0 Å². The van der Waals surface area contributed by atoms with E-state index < -0.39 is 6.55 Å². The van der Waals surface area contributed by atoms with Gasteiger partial charge in [0.05, 0.1) is 21.7 Å². The molecule has 8 heteroatoms. The summed E-state index contributed by atoms with van der Waals surface area (Å²) in [6, 6.07) is 6.77. The Kier molecular flexibility index (Phi) is 5.92. The molecule has 0 atom stereocenters. The summed E-state index contributed by atoms with van der Waals surface area (Å²) in [5.41, 5.74) is 1.95. The summed E-state index contributed by atoms with van der Waals surface area (Å²) < 4.78 is 27.8. The molecule has 0 bridgehead atoms. The molecule has 0 aliphatic heterocycles. The zero-order chi connectivity index (χ0) is 18.5. The number of alkyl halides is 2. The minimum absolute atomic E-state index is 0.100. The number of rotatable bonds is 8. The van der Waals surface area contributed by atoms with Gasteiger partial charge in [-0.15, -0.1) is 11.3 Å². The first kappa shape index (κ1) is 18.4. The average Bonchev–Trinajstić information content (AvgIpc) is 3.24. The Bertz CT molecular complexity index is 904. The number of fused-ring (bicyclic) bond motifs is 1. The molecule has 0 amide bonds. The van der Waals surface area contributed by atoms with Gasteiger partial charge in [-0.05, 0) is 31.9 Å². The maximum absolute atomic E-state index is 13.5. The zero-order valence-corrected chi connectivity index (χ0v) is 15.5. The van der Waals surface area contributed by atoms with Crippen molar-refractivity contribution in [1.82, 2.24) is 14.5 Å². The first-order valence-corrected chi connectivity index (χ1v) is 9.33. The number of nitrogens with zero attached hydrogens (tertiary/aromatic N) is 4. The fourth-order valence-electron chi connectivity index (χ4n) is 2.59. The van der Waals surface area contributed by atoms with Crippen LogP contribution in [0.1, 0.15) is 49.8 Å². The smallest absolute Gasteiger partial charge is 0.320 e. The minimum atomic E-state index is -2.71. The lowest BCUT2D eigenvalue weighted by Crippen LogP contribution is -2.10. The number of aryl methyl sites for hydroxylation is 1. The van der Waals surface area contributed by atoms with Crippen molar-refractivity contribution in [2.75, 3.05) is 0 Å². The largest absolute Gasteiger partial charge is 0.389 e. The zero-order valence-electron chi connectivity index (χ0n) is 14.7. The number of benzene rings is 1. The van der Waals surface area contributed by atoms with Crippen LogP contribution in [0.2, 0.25) is 0 Å². The molecule has 0 radical (unpaired) electrons. The molecule has 0 aliphatic rings. The molecule has 2 aromatic heterocycles. The monoisotopic (exact) mass is 378 g/mol. The summed E-state index contributed by atoms with van der Waals surface area (Å²) in [6.45, 7) is 1.24. The van der Waals surface area contributed by atoms with Gasteiger partial charge in [0.2, 0.25) is 0 Å². The molecule has 0 spiro atoms. The number of hydrogen-bond donors (Lipinski definition) is 0. The van der Waals surface area contributed by atoms with Crippen LogP contribution in [0.25, 0.3) is 11.0 Å². The molecule has 0 unspecified atom stereocenters. The number of unbranched alkanes of at least 4 members (excludes halogenated alkanes) is 1. The van der Waals surface area contributed by atoms with Crippen LogP contribution < -0.4 is 0 Å². The van der Waals surface area contributed by atoms with Gasteiger partial charge in [-0.2, -0.15) is 8.78 Å². The standard InChI is InChI=1S/C18H20F2N4OS/c1-3-4-9-16-21-13(11-26-16)10-25-23-12(2)17-22-14-7-5-6-8-15(14)24(17)18(19)20/h5-8,11,18H,3-4,9-10H2,1-2H3/b23-12-. The Morgan fingerprint density at radius 2 is 2.12 bits per heavy atom. The molecular weight excluding hydrogens is 358 g/mol. The van der Waals surface area contributed by atoms with Gasteiger partial charge in [-0.3, -0.25) is 4.57 Å². The molecular formula is C18H20F2N4OS. The van der Waals surface area contributed by atoms with Crippen LogP contribution in [-0.4, -0.2) is 20.2 Å². The van der Waals surface area contributed by atoms with E-state index in [-0.39, 0.29) is 12.4 Å². The molecule has 3 rings (SSSR count). The first-order chi connectivity index (χ1) is 12.6. The average molecular weight is 378 g/mol. The maximum atomic E-state index is 13.5. The second-order valence-corrected chi connectivity index (χ2v) is 6.80. The molecule has 0 saturated carbocycles. The quantitative estimate of drug-likeness (QED) is 0.401. The minimum Gasteiger partial charge on any atom is -0.389 e. The van der Waals surface area contributed by atoms with E-state index in [1.807, 2.05) is 5.38 Å². The highest BCUT2D eigenvalue weighted by molar-refractivity contribution is 7.09. The van der Waals surface area contributed by atoms with Crippen molar-refractivity contribution in [1.29, 1.82) is 0 Å². The number of aromatic nitrogens is 3. The van der Waals surface area contributed by atoms with Crippen molar-refractivity contribution in [3.05, 3.63) is 46.2 Å². The van der Waals surface area contributed by atoms with E-state index in [1.54, 1.807) is 42.5 Å². The normalized spacial score (nSPS) is 12.3. The third-order valence-electron chi connectivity index (χ3n) is 3.87. The van der Waals surface area contributed by atoms with Gasteiger partial charge in [0.1, 0.15) is 5.71 Å². The van der Waals surface area contributed by atoms with Crippen LogP contribution in [0.5, 0.6) is 0 Å². The number of halogens is 2. The second-order valence-electron chi connectivity index (χ2n) is 5.86. The second kappa shape index (κ2) is 8.35. The molecule has 2 heterocycles. The lowest BCUT2D eigenvalue weighted by Gasteiger charge is -2.07. The van der Waals surface area contributed by atoms with Crippen molar-refractivity contribution in [2.24, 2.45) is 5.16 Å². The van der Waals surface area contributed by atoms with Gasteiger partial charge in [0.25, 0.3) is 0 Å². The van der Waals surface area contributed by atoms with Crippen LogP contribution in [-0.2, 0) is 17.9 Å². The SMILES string of the molecule is CCCCc1nc(CO/N=C(/C)c2nc3ccccc3n2C(F)F)cs1. The van der Waals surface area contributed by atoms with E-state index in [2.05, 4.69) is 22.0 Å². The van der Waals surface area contributed by atoms with E-state index >= 15 is 0 Å². The van der Waals surface area contributed by atoms with Crippen molar-refractivity contribution in [3.63, 3.8) is 0 Å². The van der Waals surface area contributed by atoms with Crippen molar-refractivity contribution < 1.29 is 13.6 Å². The van der Waals surface area contributed by atoms with Crippen LogP contribution in [0.4, 0.5) is 8.78 Å². The molecule has 0 saturated heterocycles. The van der Waals surface area contributed by atoms with Gasteiger partial charge in [-0.25, -0.2) is 9.97 Å². The number of oxime groups is 1. The fourth-order valence-corrected chi connectivity index (χ4v) is 3.42. The van der Waals surface area contributed by atoms with Gasteiger partial charge >= 0.3 is 6.55 Å². The van der Waals surface area contributed by atoms with E-state index in [0.29, 0.717) is 16.7 Å². The number of para-hydroxylation sites is 2. The van der Waals surface area contributed by atoms with Crippen molar-refractivity contribution >= 4 is 28.1 Å². The van der Waals surface area contributed by atoms with Crippen molar-refractivity contribution in [3.8, 4) is 0 Å². The lowest BCUT2D eigenvalue weighted by atomic mass is 10.3. The highest BCUT2D eigenvalue weighted by atomic mass is 32.1. The molecule has 0 N–H and O–H groups in total. The Hall–Kier alpha value is -2.35. The molecule has 26 heavy (non-hydrogen) atoms. The third-order valence-corrected chi connectivity index (χ3v) is 4.83. The van der Waals surface area contributed by atoms with Gasteiger partial charge < -0.3 is 4.84 Å². The van der Waals surface area contributed by atoms with Crippen LogP contribution in [0.3, 0.4) is 0 Å². The van der Waals surface area contributed by atoms with Crippen LogP contribution >= 0.6 is 11.3 Å². The van der Waals surface area contributed by atoms with E-state index in [1.165, 1.54) is 0 Å². The number of hydrogen-bond acceptors (Lipinski definition) is 5. The molecule has 0 aliphatic carbocycles. The first-order valence-electron chi connectivity index (χ1n) is 8.45. The molecule has 5 nitrogen and oxygen atoms in total. The Morgan fingerprint density at radius 1 is 1.31 bits per heavy atom. The molecule has 0 fully saturated rings. The molecule has 138 valence electrons. The Labute approximate surface area is 154 Å². The highest BCUT2D eigenvalue weighted by Gasteiger charge is 2.19. The maximum Gasteiger partial charge on any atom is 0.320 e. The molecule has 1 aromatic carbocycles. The number of thiazole rings is 1. The topological polar surface area (TPSA) is 52.3 Å². The van der Waals surface area contributed by atoms with E-state index in [0.717, 1.165) is 34.5 Å². The Balaban J connectivity index is 1.73. The number of imidazole rings is 1. The van der Waals surface area contributed by atoms with Crippen molar-refractivity contribution in [2.45, 2.75) is 46.3 Å². The van der Waals surface area contributed by atoms with E-state index in [4.69, 9.17) is 4.84 Å². The lowest BCUT2D eigenvalue weighted by molar-refractivity contribution is 0.0735. The predicted octanol–water partition coefficient (Wildman–Crippen LogP) is 5.17. The highest BCUT2D eigenvalue weighted by Crippen LogP contribution is 2.23. The third kappa shape index (κ3) is 4.07.